The molecule has 0 saturated carbocycles. The Labute approximate surface area is 137 Å². The van der Waals surface area contributed by atoms with Crippen LogP contribution in [0.1, 0.15) is 27.7 Å². The van der Waals surface area contributed by atoms with E-state index in [1.807, 2.05) is 0 Å². The van der Waals surface area contributed by atoms with Crippen molar-refractivity contribution in [1.29, 1.82) is 0 Å². The summed E-state index contributed by atoms with van der Waals surface area (Å²) in [5.74, 6) is 0. The van der Waals surface area contributed by atoms with E-state index in [0.29, 0.717) is 0 Å². The Bertz CT molecular complexity index is 557. The van der Waals surface area contributed by atoms with Crippen LogP contribution in [0.15, 0.2) is 48.5 Å². The van der Waals surface area contributed by atoms with Gasteiger partial charge in [-0.15, -0.1) is 0 Å². The highest BCUT2D eigenvalue weighted by Gasteiger charge is 2.49. The standard InChI is InChI=1S/C20H28Si2/c1-5-21(6-2)17-13-9-11-15-19(17)22(7-3,8-4)20-16-12-10-14-18(20)21/h9-16H,5-8H2,1-4H3. The fraction of sp³-hybridized carbons (Fsp3) is 0.400. The van der Waals surface area contributed by atoms with Crippen molar-refractivity contribution in [3.05, 3.63) is 48.5 Å². The van der Waals surface area contributed by atoms with Crippen molar-refractivity contribution in [2.45, 2.75) is 51.9 Å². The second-order valence-electron chi connectivity index (χ2n) is 6.67. The Morgan fingerprint density at radius 1 is 0.500 bits per heavy atom. The average Bonchev–Trinajstić information content (AvgIpc) is 2.60. The fourth-order valence-corrected chi connectivity index (χ4v) is 16.5. The molecule has 2 heteroatoms. The third kappa shape index (κ3) is 1.86. The first-order chi connectivity index (χ1) is 10.7. The van der Waals surface area contributed by atoms with Crippen LogP contribution in [0.5, 0.6) is 0 Å². The molecule has 0 aliphatic carbocycles. The topological polar surface area (TPSA) is 0 Å². The zero-order chi connectivity index (χ0) is 15.8. The first-order valence-electron chi connectivity index (χ1n) is 8.90. The predicted molar refractivity (Wildman–Crippen MR) is 105 cm³/mol. The Hall–Kier alpha value is -1.13. The van der Waals surface area contributed by atoms with E-state index < -0.39 is 16.1 Å². The first kappa shape index (κ1) is 15.8. The van der Waals surface area contributed by atoms with E-state index in [4.69, 9.17) is 0 Å². The molecule has 0 bridgehead atoms. The molecule has 2 aromatic carbocycles. The molecular weight excluding hydrogens is 296 g/mol. The lowest BCUT2D eigenvalue weighted by atomic mass is 10.3. The summed E-state index contributed by atoms with van der Waals surface area (Å²) in [5, 5.41) is 7.09. The second kappa shape index (κ2) is 5.82. The molecule has 0 spiro atoms. The van der Waals surface area contributed by atoms with Gasteiger partial charge >= 0.3 is 0 Å². The van der Waals surface area contributed by atoms with Crippen LogP contribution in [0.3, 0.4) is 0 Å². The maximum Gasteiger partial charge on any atom is 0.117 e. The van der Waals surface area contributed by atoms with Gasteiger partial charge in [0.1, 0.15) is 16.1 Å². The first-order valence-corrected chi connectivity index (χ1v) is 13.7. The van der Waals surface area contributed by atoms with Crippen LogP contribution in [0.4, 0.5) is 0 Å². The molecule has 1 heterocycles. The third-order valence-electron chi connectivity index (χ3n) is 6.33. The summed E-state index contributed by atoms with van der Waals surface area (Å²) in [4.78, 5) is 0. The van der Waals surface area contributed by atoms with Crippen LogP contribution < -0.4 is 20.7 Å². The van der Waals surface area contributed by atoms with Gasteiger partial charge in [-0.2, -0.15) is 0 Å². The Morgan fingerprint density at radius 2 is 0.727 bits per heavy atom. The maximum atomic E-state index is 2.48. The van der Waals surface area contributed by atoms with Crippen LogP contribution in [-0.4, -0.2) is 16.1 Å². The summed E-state index contributed by atoms with van der Waals surface area (Å²) in [6.07, 6.45) is 0. The molecule has 0 atom stereocenters. The number of rotatable bonds is 4. The maximum absolute atomic E-state index is 2.48. The highest BCUT2D eigenvalue weighted by atomic mass is 28.3. The van der Waals surface area contributed by atoms with Crippen molar-refractivity contribution in [1.82, 2.24) is 0 Å². The van der Waals surface area contributed by atoms with Gasteiger partial charge < -0.3 is 0 Å². The van der Waals surface area contributed by atoms with E-state index in [9.17, 15) is 0 Å². The number of hydrogen-bond donors (Lipinski definition) is 0. The lowest BCUT2D eigenvalue weighted by Crippen LogP contribution is -2.80. The Balaban J connectivity index is 2.44. The number of fused-ring (bicyclic) bond motifs is 2. The largest absolute Gasteiger partial charge is 0.117 e. The van der Waals surface area contributed by atoms with Crippen molar-refractivity contribution < 1.29 is 0 Å². The second-order valence-corrected chi connectivity index (χ2v) is 16.0. The summed E-state index contributed by atoms with van der Waals surface area (Å²) in [6, 6.07) is 24.4. The van der Waals surface area contributed by atoms with E-state index in [0.717, 1.165) is 0 Å². The highest BCUT2D eigenvalue weighted by Crippen LogP contribution is 2.25. The van der Waals surface area contributed by atoms with Gasteiger partial charge in [-0.3, -0.25) is 0 Å². The molecular formula is C20H28Si2. The summed E-state index contributed by atoms with van der Waals surface area (Å²) >= 11 is 0. The molecule has 0 radical (unpaired) electrons. The van der Waals surface area contributed by atoms with E-state index in [1.54, 1.807) is 20.7 Å². The normalized spacial score (nSPS) is 17.6. The van der Waals surface area contributed by atoms with Gasteiger partial charge in [0, 0.05) is 0 Å². The highest BCUT2D eigenvalue weighted by molar-refractivity contribution is 7.17. The minimum Gasteiger partial charge on any atom is -0.0672 e. The van der Waals surface area contributed by atoms with Crippen LogP contribution in [0.25, 0.3) is 0 Å². The fourth-order valence-electron chi connectivity index (χ4n) is 4.95. The van der Waals surface area contributed by atoms with Gasteiger partial charge in [-0.1, -0.05) is 121 Å². The van der Waals surface area contributed by atoms with Crippen LogP contribution in [0, 0.1) is 0 Å². The minimum atomic E-state index is -1.56. The molecule has 0 N–H and O–H groups in total. The molecule has 0 amide bonds. The molecule has 22 heavy (non-hydrogen) atoms. The summed E-state index contributed by atoms with van der Waals surface area (Å²) in [6.45, 7) is 9.71. The molecule has 0 nitrogen and oxygen atoms in total. The van der Waals surface area contributed by atoms with E-state index in [-0.39, 0.29) is 0 Å². The molecule has 3 rings (SSSR count). The van der Waals surface area contributed by atoms with Crippen molar-refractivity contribution >= 4 is 36.9 Å². The van der Waals surface area contributed by atoms with Gasteiger partial charge in [0.15, 0.2) is 0 Å². The Kier molecular flexibility index (Phi) is 4.17. The third-order valence-corrected chi connectivity index (χ3v) is 17.5. The van der Waals surface area contributed by atoms with E-state index >= 15 is 0 Å². The van der Waals surface area contributed by atoms with Crippen molar-refractivity contribution in [2.75, 3.05) is 0 Å². The Morgan fingerprint density at radius 3 is 0.909 bits per heavy atom. The monoisotopic (exact) mass is 324 g/mol. The molecule has 2 aromatic rings. The van der Waals surface area contributed by atoms with E-state index in [1.165, 1.54) is 24.2 Å². The van der Waals surface area contributed by atoms with Crippen molar-refractivity contribution in [3.63, 3.8) is 0 Å². The van der Waals surface area contributed by atoms with Crippen LogP contribution in [0.2, 0.25) is 24.2 Å². The zero-order valence-corrected chi connectivity index (χ0v) is 16.4. The average molecular weight is 325 g/mol. The van der Waals surface area contributed by atoms with Gasteiger partial charge in [0.25, 0.3) is 0 Å². The van der Waals surface area contributed by atoms with Gasteiger partial charge in [-0.25, -0.2) is 0 Å². The lowest BCUT2D eigenvalue weighted by Gasteiger charge is -2.47. The minimum absolute atomic E-state index is 1.33. The smallest absolute Gasteiger partial charge is 0.0672 e. The van der Waals surface area contributed by atoms with Crippen LogP contribution in [-0.2, 0) is 0 Å². The summed E-state index contributed by atoms with van der Waals surface area (Å²) in [5.41, 5.74) is 0. The molecule has 116 valence electrons. The van der Waals surface area contributed by atoms with Gasteiger partial charge in [0.2, 0.25) is 0 Å². The zero-order valence-electron chi connectivity index (χ0n) is 14.4. The summed E-state index contributed by atoms with van der Waals surface area (Å²) < 4.78 is 0. The van der Waals surface area contributed by atoms with Crippen molar-refractivity contribution in [3.8, 4) is 0 Å². The predicted octanol–water partition coefficient (Wildman–Crippen LogP) is 3.21. The van der Waals surface area contributed by atoms with Gasteiger partial charge in [0.05, 0.1) is 0 Å². The number of benzene rings is 2. The molecule has 0 fully saturated rings. The molecule has 1 aliphatic rings. The quantitative estimate of drug-likeness (QED) is 0.758. The van der Waals surface area contributed by atoms with Gasteiger partial charge in [-0.05, 0) is 0 Å². The van der Waals surface area contributed by atoms with Crippen molar-refractivity contribution in [2.24, 2.45) is 0 Å². The molecule has 0 saturated heterocycles. The van der Waals surface area contributed by atoms with Crippen LogP contribution >= 0.6 is 0 Å². The SMILES string of the molecule is CC[Si]1(CC)c2ccccc2[Si](CC)(CC)c2ccccc21. The summed E-state index contributed by atoms with van der Waals surface area (Å²) in [7, 11) is -3.12. The lowest BCUT2D eigenvalue weighted by molar-refractivity contribution is 1.26. The van der Waals surface area contributed by atoms with E-state index in [2.05, 4.69) is 76.2 Å². The number of hydrogen-bond acceptors (Lipinski definition) is 0. The molecule has 0 aromatic heterocycles. The molecule has 1 aliphatic heterocycles. The molecule has 0 unspecified atom stereocenters.